The van der Waals surface area contributed by atoms with Gasteiger partial charge in [0.15, 0.2) is 0 Å². The van der Waals surface area contributed by atoms with Gasteiger partial charge in [0, 0.05) is 38.2 Å². The lowest BCUT2D eigenvalue weighted by Crippen LogP contribution is -2.57. The summed E-state index contributed by atoms with van der Waals surface area (Å²) in [6.45, 7) is 2.96. The summed E-state index contributed by atoms with van der Waals surface area (Å²) in [5.74, 6) is -1.65. The van der Waals surface area contributed by atoms with Crippen LogP contribution >= 0.6 is 0 Å². The van der Waals surface area contributed by atoms with Gasteiger partial charge in [0.2, 0.25) is 5.91 Å². The van der Waals surface area contributed by atoms with Crippen LogP contribution in [0.2, 0.25) is 0 Å². The lowest BCUT2D eigenvalue weighted by molar-refractivity contribution is -0.145. The van der Waals surface area contributed by atoms with Gasteiger partial charge in [-0.2, -0.15) is 0 Å². The minimum Gasteiger partial charge on any atom is -0.480 e. The highest BCUT2D eigenvalue weighted by atomic mass is 16.4. The van der Waals surface area contributed by atoms with Gasteiger partial charge in [-0.15, -0.1) is 0 Å². The minimum atomic E-state index is -1.13. The number of hydrogen-bond donors (Lipinski definition) is 2. The maximum Gasteiger partial charge on any atom is 0.327 e. The van der Waals surface area contributed by atoms with E-state index in [9.17, 15) is 24.3 Å². The fourth-order valence-electron chi connectivity index (χ4n) is 6.13. The molecule has 2 aromatic carbocycles. The van der Waals surface area contributed by atoms with Crippen LogP contribution in [-0.2, 0) is 16.0 Å². The lowest BCUT2D eigenvalue weighted by Gasteiger charge is -2.37. The van der Waals surface area contributed by atoms with Crippen LogP contribution in [0.3, 0.4) is 0 Å². The van der Waals surface area contributed by atoms with Crippen molar-refractivity contribution in [2.75, 3.05) is 39.3 Å². The van der Waals surface area contributed by atoms with Crippen molar-refractivity contribution in [2.24, 2.45) is 11.8 Å². The van der Waals surface area contributed by atoms with Gasteiger partial charge in [-0.05, 0) is 73.9 Å². The molecule has 0 aromatic heterocycles. The van der Waals surface area contributed by atoms with E-state index in [1.807, 2.05) is 42.5 Å². The van der Waals surface area contributed by atoms with Crippen molar-refractivity contribution in [1.82, 2.24) is 20.0 Å². The molecule has 0 spiro atoms. The largest absolute Gasteiger partial charge is 0.480 e. The lowest BCUT2D eigenvalue weighted by atomic mass is 9.84. The van der Waals surface area contributed by atoms with E-state index < -0.39 is 23.9 Å². The number of nitrogens with one attached hydrogen (secondary N) is 1. The monoisotopic (exact) mass is 532 g/mol. The number of likely N-dealkylation sites (tertiary alicyclic amines) is 1. The number of aliphatic carboxylic acids is 1. The Hall–Kier alpha value is -3.72. The molecule has 2 N–H and O–H groups in total. The number of imide groups is 1. The summed E-state index contributed by atoms with van der Waals surface area (Å²) >= 11 is 0. The molecular formula is C30H36N4O5. The Morgan fingerprint density at radius 1 is 0.846 bits per heavy atom. The summed E-state index contributed by atoms with van der Waals surface area (Å²) in [5.41, 5.74) is 2.92. The molecule has 3 saturated heterocycles. The molecule has 2 atom stereocenters. The SMILES string of the molecule is O=C(O)[C@@H]1[C@@H](CC2CCNCC2)CC(=O)N1C(=O)N1CCN(C(=O)c2ccc(Cc3ccccc3)cc2)CC1. The minimum absolute atomic E-state index is 0.0886. The molecule has 0 radical (unpaired) electrons. The van der Waals surface area contributed by atoms with Gasteiger partial charge < -0.3 is 20.2 Å². The number of benzene rings is 2. The number of carbonyl (C=O) groups is 4. The number of piperazine rings is 1. The molecule has 0 unspecified atom stereocenters. The predicted molar refractivity (Wildman–Crippen MR) is 145 cm³/mol. The van der Waals surface area contributed by atoms with Crippen molar-refractivity contribution in [2.45, 2.75) is 38.1 Å². The van der Waals surface area contributed by atoms with E-state index in [2.05, 4.69) is 17.4 Å². The Bertz CT molecular complexity index is 1190. The molecule has 2 aromatic rings. The molecule has 0 bridgehead atoms. The zero-order valence-electron chi connectivity index (χ0n) is 22.1. The van der Waals surface area contributed by atoms with Gasteiger partial charge in [0.25, 0.3) is 5.91 Å². The molecule has 0 aliphatic carbocycles. The number of rotatable bonds is 6. The first-order chi connectivity index (χ1) is 18.9. The number of piperidine rings is 1. The van der Waals surface area contributed by atoms with Gasteiger partial charge in [-0.25, -0.2) is 14.5 Å². The van der Waals surface area contributed by atoms with E-state index in [0.29, 0.717) is 31.0 Å². The van der Waals surface area contributed by atoms with E-state index in [0.717, 1.165) is 42.8 Å². The van der Waals surface area contributed by atoms with Gasteiger partial charge in [0.05, 0.1) is 0 Å². The van der Waals surface area contributed by atoms with Crippen LogP contribution in [0.5, 0.6) is 0 Å². The van der Waals surface area contributed by atoms with Gasteiger partial charge >= 0.3 is 12.0 Å². The van der Waals surface area contributed by atoms with Crippen molar-refractivity contribution in [3.05, 3.63) is 71.3 Å². The van der Waals surface area contributed by atoms with E-state index in [-0.39, 0.29) is 31.3 Å². The van der Waals surface area contributed by atoms with Crippen LogP contribution in [0, 0.1) is 11.8 Å². The first kappa shape index (κ1) is 26.9. The van der Waals surface area contributed by atoms with Gasteiger partial charge in [-0.3, -0.25) is 9.59 Å². The zero-order chi connectivity index (χ0) is 27.4. The van der Waals surface area contributed by atoms with Crippen molar-refractivity contribution >= 4 is 23.8 Å². The molecule has 206 valence electrons. The summed E-state index contributed by atoms with van der Waals surface area (Å²) in [7, 11) is 0. The second-order valence-corrected chi connectivity index (χ2v) is 10.9. The topological polar surface area (TPSA) is 110 Å². The van der Waals surface area contributed by atoms with Gasteiger partial charge in [-0.1, -0.05) is 42.5 Å². The first-order valence-electron chi connectivity index (χ1n) is 13.9. The Morgan fingerprint density at radius 2 is 1.46 bits per heavy atom. The number of urea groups is 1. The molecule has 3 heterocycles. The molecular weight excluding hydrogens is 496 g/mol. The van der Waals surface area contributed by atoms with Crippen LogP contribution in [0.1, 0.15) is 47.2 Å². The number of hydrogen-bond acceptors (Lipinski definition) is 5. The Balaban J connectivity index is 1.17. The van der Waals surface area contributed by atoms with Gasteiger partial charge in [0.1, 0.15) is 6.04 Å². The maximum atomic E-state index is 13.4. The Morgan fingerprint density at radius 3 is 2.10 bits per heavy atom. The number of carboxylic acid groups (broad SMARTS) is 1. The van der Waals surface area contributed by atoms with Crippen LogP contribution in [-0.4, -0.2) is 88.9 Å². The summed E-state index contributed by atoms with van der Waals surface area (Å²) in [4.78, 5) is 55.7. The quantitative estimate of drug-likeness (QED) is 0.592. The average Bonchev–Trinajstić information content (AvgIpc) is 3.29. The fourth-order valence-corrected chi connectivity index (χ4v) is 6.13. The highest BCUT2D eigenvalue weighted by molar-refractivity contribution is 6.01. The summed E-state index contributed by atoms with van der Waals surface area (Å²) in [6, 6.07) is 16.1. The molecule has 3 aliphatic rings. The molecule has 9 nitrogen and oxygen atoms in total. The standard InChI is InChI=1S/C30H36N4O5/c35-26-20-25(19-23-10-12-31-13-11-23)27(29(37)38)34(26)30(39)33-16-14-32(15-17-33)28(36)24-8-6-22(7-9-24)18-21-4-2-1-3-5-21/h1-9,23,25,27,31H,10-20H2,(H,37,38)/t25-,27-/m0/s1. The molecule has 9 heteroatoms. The highest BCUT2D eigenvalue weighted by Gasteiger charge is 2.49. The molecule has 39 heavy (non-hydrogen) atoms. The van der Waals surface area contributed by atoms with Crippen molar-refractivity contribution < 1.29 is 24.3 Å². The molecule has 3 aliphatic heterocycles. The third-order valence-corrected chi connectivity index (χ3v) is 8.27. The van der Waals surface area contributed by atoms with E-state index in [1.165, 1.54) is 10.5 Å². The first-order valence-corrected chi connectivity index (χ1v) is 13.9. The molecule has 4 amide bonds. The molecule has 0 saturated carbocycles. The highest BCUT2D eigenvalue weighted by Crippen LogP contribution is 2.34. The van der Waals surface area contributed by atoms with E-state index in [1.54, 1.807) is 4.90 Å². The van der Waals surface area contributed by atoms with Crippen LogP contribution in [0.15, 0.2) is 54.6 Å². The second kappa shape index (κ2) is 12.0. The van der Waals surface area contributed by atoms with Crippen molar-refractivity contribution in [3.63, 3.8) is 0 Å². The van der Waals surface area contributed by atoms with Crippen molar-refractivity contribution in [3.8, 4) is 0 Å². The van der Waals surface area contributed by atoms with E-state index in [4.69, 9.17) is 0 Å². The number of carboxylic acids is 1. The average molecular weight is 533 g/mol. The summed E-state index contributed by atoms with van der Waals surface area (Å²) < 4.78 is 0. The Kier molecular flexibility index (Phi) is 8.26. The molecule has 3 fully saturated rings. The normalized spacial score (nSPS) is 22.3. The van der Waals surface area contributed by atoms with E-state index >= 15 is 0 Å². The fraction of sp³-hybridized carbons (Fsp3) is 0.467. The second-order valence-electron chi connectivity index (χ2n) is 10.9. The van der Waals surface area contributed by atoms with Crippen LogP contribution in [0.4, 0.5) is 4.79 Å². The summed E-state index contributed by atoms with van der Waals surface area (Å²) in [5, 5.41) is 13.3. The third-order valence-electron chi connectivity index (χ3n) is 8.27. The maximum absolute atomic E-state index is 13.4. The third kappa shape index (κ3) is 6.14. The number of amides is 4. The predicted octanol–water partition coefficient (Wildman–Crippen LogP) is 2.85. The zero-order valence-corrected chi connectivity index (χ0v) is 22.1. The number of nitrogens with zero attached hydrogens (tertiary/aromatic N) is 3. The summed E-state index contributed by atoms with van der Waals surface area (Å²) in [6.07, 6.45) is 3.43. The smallest absolute Gasteiger partial charge is 0.327 e. The van der Waals surface area contributed by atoms with Crippen LogP contribution < -0.4 is 5.32 Å². The molecule has 5 rings (SSSR count). The van der Waals surface area contributed by atoms with Crippen LogP contribution in [0.25, 0.3) is 0 Å². The number of carbonyl (C=O) groups excluding carboxylic acids is 3. The Labute approximate surface area is 228 Å². The van der Waals surface area contributed by atoms with Crippen molar-refractivity contribution in [1.29, 1.82) is 0 Å².